The van der Waals surface area contributed by atoms with Crippen LogP contribution in [0.2, 0.25) is 0 Å². The molecule has 1 aliphatic rings. The Labute approximate surface area is 121 Å². The summed E-state index contributed by atoms with van der Waals surface area (Å²) in [4.78, 5) is 11.9. The van der Waals surface area contributed by atoms with Crippen LogP contribution < -0.4 is 5.32 Å². The number of fused-ring (bicyclic) bond motifs is 1. The largest absolute Gasteiger partial charge is 0.478 e. The number of nitrogens with one attached hydrogen (secondary N) is 1. The molecule has 3 rings (SSSR count). The third-order valence-electron chi connectivity index (χ3n) is 3.80. The molecule has 20 heavy (non-hydrogen) atoms. The maximum atomic E-state index is 10.9. The molecule has 0 aliphatic heterocycles. The number of carbonyl (C=O) groups is 1. The molecular weight excluding hydrogens is 274 g/mol. The molecule has 0 aromatic carbocycles. The number of carboxylic acid groups (broad SMARTS) is 1. The summed E-state index contributed by atoms with van der Waals surface area (Å²) in [6.45, 7) is 0.705. The van der Waals surface area contributed by atoms with Gasteiger partial charge >= 0.3 is 5.97 Å². The molecule has 2 N–H and O–H groups in total. The molecule has 0 saturated heterocycles. The van der Waals surface area contributed by atoms with E-state index in [1.807, 2.05) is 17.9 Å². The second-order valence-corrected chi connectivity index (χ2v) is 6.10. The van der Waals surface area contributed by atoms with E-state index in [1.54, 1.807) is 11.4 Å². The van der Waals surface area contributed by atoms with Gasteiger partial charge in [0.25, 0.3) is 0 Å². The van der Waals surface area contributed by atoms with Crippen molar-refractivity contribution in [2.45, 2.75) is 31.8 Å². The van der Waals surface area contributed by atoms with Crippen LogP contribution in [0.25, 0.3) is 0 Å². The number of carboxylic acids is 1. The highest BCUT2D eigenvalue weighted by molar-refractivity contribution is 7.10. The van der Waals surface area contributed by atoms with E-state index in [0.29, 0.717) is 18.2 Å². The van der Waals surface area contributed by atoms with Gasteiger partial charge in [0, 0.05) is 41.1 Å². The van der Waals surface area contributed by atoms with Gasteiger partial charge in [-0.3, -0.25) is 4.68 Å². The molecule has 0 fully saturated rings. The second-order valence-electron chi connectivity index (χ2n) is 5.10. The number of aromatic nitrogens is 2. The molecule has 1 atom stereocenters. The van der Waals surface area contributed by atoms with Crippen molar-refractivity contribution < 1.29 is 9.90 Å². The molecule has 5 nitrogen and oxygen atoms in total. The molecular formula is C14H17N3O2S. The molecule has 6 heteroatoms. The van der Waals surface area contributed by atoms with Crippen LogP contribution >= 0.6 is 11.3 Å². The third-order valence-corrected chi connectivity index (χ3v) is 4.74. The molecule has 1 aliphatic carbocycles. The van der Waals surface area contributed by atoms with E-state index in [-0.39, 0.29) is 0 Å². The fourth-order valence-corrected chi connectivity index (χ4v) is 3.54. The maximum Gasteiger partial charge on any atom is 0.336 e. The molecule has 2 aromatic rings. The van der Waals surface area contributed by atoms with Crippen molar-refractivity contribution in [3.05, 3.63) is 39.3 Å². The van der Waals surface area contributed by atoms with Crippen molar-refractivity contribution in [3.63, 3.8) is 0 Å². The fraction of sp³-hybridized carbons (Fsp3) is 0.429. The molecule has 0 saturated carbocycles. The zero-order chi connectivity index (χ0) is 14.1. The molecule has 2 aromatic heterocycles. The molecule has 2 heterocycles. The highest BCUT2D eigenvalue weighted by Crippen LogP contribution is 2.29. The topological polar surface area (TPSA) is 67.2 Å². The van der Waals surface area contributed by atoms with Crippen LogP contribution in [0, 0.1) is 0 Å². The quantitative estimate of drug-likeness (QED) is 0.907. The fourth-order valence-electron chi connectivity index (χ4n) is 2.73. The number of hydrogen-bond acceptors (Lipinski definition) is 4. The van der Waals surface area contributed by atoms with Gasteiger partial charge in [-0.2, -0.15) is 5.10 Å². The van der Waals surface area contributed by atoms with E-state index in [4.69, 9.17) is 5.11 Å². The lowest BCUT2D eigenvalue weighted by molar-refractivity contribution is 0.0697. The summed E-state index contributed by atoms with van der Waals surface area (Å²) in [7, 11) is 1.99. The first-order valence-electron chi connectivity index (χ1n) is 6.70. The third kappa shape index (κ3) is 2.48. The van der Waals surface area contributed by atoms with E-state index in [2.05, 4.69) is 10.4 Å². The van der Waals surface area contributed by atoms with Gasteiger partial charge in [-0.15, -0.1) is 11.3 Å². The van der Waals surface area contributed by atoms with E-state index in [1.165, 1.54) is 22.6 Å². The Kier molecular flexibility index (Phi) is 3.58. The van der Waals surface area contributed by atoms with Crippen LogP contribution in [0.1, 0.15) is 45.4 Å². The maximum absolute atomic E-state index is 10.9. The number of aryl methyl sites for hydroxylation is 1. The Morgan fingerprint density at radius 1 is 1.65 bits per heavy atom. The van der Waals surface area contributed by atoms with Crippen LogP contribution in [0.15, 0.2) is 17.6 Å². The molecule has 0 radical (unpaired) electrons. The standard InChI is InChI=1S/C14H17N3O2S/c1-17-13-4-2-3-12(11(13)7-16-17)15-6-10-5-9(8-20-10)14(18)19/h5,7-8,12,15H,2-4,6H2,1H3,(H,18,19). The lowest BCUT2D eigenvalue weighted by Gasteiger charge is -2.23. The average Bonchev–Trinajstić information content (AvgIpc) is 3.04. The normalized spacial score (nSPS) is 17.9. The lowest BCUT2D eigenvalue weighted by atomic mass is 9.93. The number of nitrogens with zero attached hydrogens (tertiary/aromatic N) is 2. The minimum Gasteiger partial charge on any atom is -0.478 e. The van der Waals surface area contributed by atoms with Gasteiger partial charge in [0.2, 0.25) is 0 Å². The van der Waals surface area contributed by atoms with E-state index in [0.717, 1.165) is 24.1 Å². The lowest BCUT2D eigenvalue weighted by Crippen LogP contribution is -2.24. The number of thiophene rings is 1. The van der Waals surface area contributed by atoms with E-state index < -0.39 is 5.97 Å². The van der Waals surface area contributed by atoms with Gasteiger partial charge in [0.05, 0.1) is 11.8 Å². The predicted octanol–water partition coefficient (Wildman–Crippen LogP) is 2.35. The molecule has 0 amide bonds. The Morgan fingerprint density at radius 2 is 2.50 bits per heavy atom. The number of hydrogen-bond donors (Lipinski definition) is 2. The molecule has 0 bridgehead atoms. The van der Waals surface area contributed by atoms with Gasteiger partial charge in [-0.1, -0.05) is 0 Å². The Balaban J connectivity index is 1.68. The Bertz CT molecular complexity index is 632. The van der Waals surface area contributed by atoms with E-state index >= 15 is 0 Å². The van der Waals surface area contributed by atoms with Crippen LogP contribution in [-0.4, -0.2) is 20.9 Å². The summed E-state index contributed by atoms with van der Waals surface area (Å²) >= 11 is 1.49. The van der Waals surface area contributed by atoms with Crippen molar-refractivity contribution in [2.24, 2.45) is 7.05 Å². The van der Waals surface area contributed by atoms with Gasteiger partial charge in [-0.05, 0) is 25.3 Å². The summed E-state index contributed by atoms with van der Waals surface area (Å²) in [6.07, 6.45) is 5.31. The predicted molar refractivity (Wildman–Crippen MR) is 77.0 cm³/mol. The molecule has 106 valence electrons. The molecule has 0 spiro atoms. The summed E-state index contributed by atoms with van der Waals surface area (Å²) in [5, 5.41) is 18.5. The summed E-state index contributed by atoms with van der Waals surface area (Å²) in [6, 6.07) is 2.07. The van der Waals surface area contributed by atoms with Crippen LogP contribution in [-0.2, 0) is 20.0 Å². The van der Waals surface area contributed by atoms with Crippen molar-refractivity contribution >= 4 is 17.3 Å². The zero-order valence-corrected chi connectivity index (χ0v) is 12.1. The van der Waals surface area contributed by atoms with Gasteiger partial charge in [-0.25, -0.2) is 4.79 Å². The van der Waals surface area contributed by atoms with Crippen LogP contribution in [0.3, 0.4) is 0 Å². The highest BCUT2D eigenvalue weighted by Gasteiger charge is 2.23. The smallest absolute Gasteiger partial charge is 0.336 e. The first-order chi connectivity index (χ1) is 9.65. The SMILES string of the molecule is Cn1ncc2c1CCCC2NCc1cc(C(=O)O)cs1. The summed E-state index contributed by atoms with van der Waals surface area (Å²) in [5.41, 5.74) is 2.97. The zero-order valence-electron chi connectivity index (χ0n) is 11.3. The first-order valence-corrected chi connectivity index (χ1v) is 7.58. The van der Waals surface area contributed by atoms with Crippen LogP contribution in [0.5, 0.6) is 0 Å². The summed E-state index contributed by atoms with van der Waals surface area (Å²) < 4.78 is 1.96. The van der Waals surface area contributed by atoms with E-state index in [9.17, 15) is 4.79 Å². The minimum atomic E-state index is -0.861. The van der Waals surface area contributed by atoms with Crippen LogP contribution in [0.4, 0.5) is 0 Å². The minimum absolute atomic E-state index is 0.322. The second kappa shape index (κ2) is 5.38. The Morgan fingerprint density at radius 3 is 3.25 bits per heavy atom. The summed E-state index contributed by atoms with van der Waals surface area (Å²) in [5.74, 6) is -0.861. The van der Waals surface area contributed by atoms with Crippen molar-refractivity contribution in [1.29, 1.82) is 0 Å². The van der Waals surface area contributed by atoms with Crippen molar-refractivity contribution in [3.8, 4) is 0 Å². The van der Waals surface area contributed by atoms with Crippen molar-refractivity contribution in [2.75, 3.05) is 0 Å². The first kappa shape index (κ1) is 13.3. The van der Waals surface area contributed by atoms with Crippen molar-refractivity contribution in [1.82, 2.24) is 15.1 Å². The monoisotopic (exact) mass is 291 g/mol. The van der Waals surface area contributed by atoms with Gasteiger partial charge in [0.15, 0.2) is 0 Å². The number of aromatic carboxylic acids is 1. The molecule has 1 unspecified atom stereocenters. The Hall–Kier alpha value is -1.66. The average molecular weight is 291 g/mol. The van der Waals surface area contributed by atoms with Gasteiger partial charge in [0.1, 0.15) is 0 Å². The number of rotatable bonds is 4. The highest BCUT2D eigenvalue weighted by atomic mass is 32.1. The van der Waals surface area contributed by atoms with Gasteiger partial charge < -0.3 is 10.4 Å².